The maximum atomic E-state index is 4.35. The van der Waals surface area contributed by atoms with E-state index in [0.29, 0.717) is 6.04 Å². The van der Waals surface area contributed by atoms with Crippen LogP contribution in [-0.4, -0.2) is 22.4 Å². The zero-order valence-electron chi connectivity index (χ0n) is 11.1. The van der Waals surface area contributed by atoms with E-state index in [1.807, 2.05) is 11.7 Å². The van der Waals surface area contributed by atoms with Gasteiger partial charge in [-0.1, -0.05) is 19.8 Å². The second-order valence-electron chi connectivity index (χ2n) is 4.66. The first-order valence-corrected chi connectivity index (χ1v) is 6.36. The third kappa shape index (κ3) is 4.35. The van der Waals surface area contributed by atoms with Gasteiger partial charge in [-0.25, -0.2) is 0 Å². The number of aryl methyl sites for hydroxylation is 2. The summed E-state index contributed by atoms with van der Waals surface area (Å²) in [5.74, 6) is 0. The molecule has 0 aromatic carbocycles. The fraction of sp³-hybridized carbons (Fsp3) is 0.769. The third-order valence-electron chi connectivity index (χ3n) is 2.99. The van der Waals surface area contributed by atoms with Crippen LogP contribution in [0, 0.1) is 6.92 Å². The van der Waals surface area contributed by atoms with E-state index in [9.17, 15) is 0 Å². The molecule has 0 saturated heterocycles. The minimum atomic E-state index is 0.636. The van der Waals surface area contributed by atoms with Crippen molar-refractivity contribution in [3.05, 3.63) is 17.5 Å². The maximum Gasteiger partial charge on any atom is 0.0626 e. The second kappa shape index (κ2) is 6.69. The van der Waals surface area contributed by atoms with Crippen molar-refractivity contribution < 1.29 is 0 Å². The molecule has 0 radical (unpaired) electrons. The molecule has 0 spiro atoms. The lowest BCUT2D eigenvalue weighted by Crippen LogP contribution is -2.28. The number of hydrogen-bond donors (Lipinski definition) is 1. The van der Waals surface area contributed by atoms with Crippen LogP contribution in [0.15, 0.2) is 6.20 Å². The van der Waals surface area contributed by atoms with Gasteiger partial charge >= 0.3 is 0 Å². The fourth-order valence-corrected chi connectivity index (χ4v) is 1.96. The molecule has 1 aromatic rings. The molecule has 3 heteroatoms. The summed E-state index contributed by atoms with van der Waals surface area (Å²) < 4.78 is 1.89. The monoisotopic (exact) mass is 223 g/mol. The van der Waals surface area contributed by atoms with Crippen LogP contribution in [0.1, 0.15) is 44.4 Å². The van der Waals surface area contributed by atoms with Gasteiger partial charge < -0.3 is 5.32 Å². The highest BCUT2D eigenvalue weighted by molar-refractivity contribution is 5.15. The molecule has 0 bridgehead atoms. The summed E-state index contributed by atoms with van der Waals surface area (Å²) >= 11 is 0. The number of hydrogen-bond acceptors (Lipinski definition) is 2. The lowest BCUT2D eigenvalue weighted by Gasteiger charge is -2.12. The molecule has 92 valence electrons. The van der Waals surface area contributed by atoms with Crippen LogP contribution in [0.2, 0.25) is 0 Å². The molecular formula is C13H25N3. The van der Waals surface area contributed by atoms with Crippen LogP contribution in [0.25, 0.3) is 0 Å². The standard InChI is InChI=1S/C13H25N3/c1-5-6-7-11(2)14-9-8-13-10-16(4)15-12(13)3/h10-11,14H,5-9H2,1-4H3. The topological polar surface area (TPSA) is 29.9 Å². The van der Waals surface area contributed by atoms with E-state index in [4.69, 9.17) is 0 Å². The Balaban J connectivity index is 2.22. The van der Waals surface area contributed by atoms with Gasteiger partial charge in [0.05, 0.1) is 5.69 Å². The van der Waals surface area contributed by atoms with Gasteiger partial charge in [0.15, 0.2) is 0 Å². The van der Waals surface area contributed by atoms with E-state index < -0.39 is 0 Å². The smallest absolute Gasteiger partial charge is 0.0626 e. The summed E-state index contributed by atoms with van der Waals surface area (Å²) in [7, 11) is 1.98. The summed E-state index contributed by atoms with van der Waals surface area (Å²) in [6, 6.07) is 0.636. The number of unbranched alkanes of at least 4 members (excludes halogenated alkanes) is 1. The van der Waals surface area contributed by atoms with Crippen LogP contribution < -0.4 is 5.32 Å². The Hall–Kier alpha value is -0.830. The quantitative estimate of drug-likeness (QED) is 0.769. The lowest BCUT2D eigenvalue weighted by molar-refractivity contribution is 0.498. The maximum absolute atomic E-state index is 4.35. The van der Waals surface area contributed by atoms with E-state index in [1.165, 1.54) is 24.8 Å². The van der Waals surface area contributed by atoms with E-state index in [1.54, 1.807) is 0 Å². The SMILES string of the molecule is CCCCC(C)NCCc1cn(C)nc1C. The normalized spacial score (nSPS) is 13.0. The van der Waals surface area contributed by atoms with Gasteiger partial charge in [-0.15, -0.1) is 0 Å². The molecule has 16 heavy (non-hydrogen) atoms. The summed E-state index contributed by atoms with van der Waals surface area (Å²) in [6.07, 6.45) is 7.08. The molecule has 1 aromatic heterocycles. The minimum Gasteiger partial charge on any atom is -0.314 e. The predicted molar refractivity (Wildman–Crippen MR) is 68.6 cm³/mol. The number of nitrogens with one attached hydrogen (secondary N) is 1. The van der Waals surface area contributed by atoms with Gasteiger partial charge in [0, 0.05) is 19.3 Å². The van der Waals surface area contributed by atoms with Gasteiger partial charge in [0.25, 0.3) is 0 Å². The molecule has 0 saturated carbocycles. The van der Waals surface area contributed by atoms with Crippen molar-refractivity contribution in [2.24, 2.45) is 7.05 Å². The summed E-state index contributed by atoms with van der Waals surface area (Å²) in [4.78, 5) is 0. The molecule has 0 amide bonds. The van der Waals surface area contributed by atoms with Crippen molar-refractivity contribution in [1.29, 1.82) is 0 Å². The molecule has 0 fully saturated rings. The second-order valence-corrected chi connectivity index (χ2v) is 4.66. The first kappa shape index (κ1) is 13.2. The third-order valence-corrected chi connectivity index (χ3v) is 2.99. The molecule has 0 aliphatic carbocycles. The van der Waals surface area contributed by atoms with E-state index in [0.717, 1.165) is 18.7 Å². The highest BCUT2D eigenvalue weighted by Crippen LogP contribution is 2.05. The van der Waals surface area contributed by atoms with E-state index >= 15 is 0 Å². The molecule has 0 aliphatic heterocycles. The van der Waals surface area contributed by atoms with E-state index in [2.05, 4.69) is 37.4 Å². The molecule has 1 atom stereocenters. The molecule has 0 aliphatic rings. The average Bonchev–Trinajstić information content (AvgIpc) is 2.55. The van der Waals surface area contributed by atoms with Crippen LogP contribution in [0.5, 0.6) is 0 Å². The van der Waals surface area contributed by atoms with Gasteiger partial charge in [0.1, 0.15) is 0 Å². The first-order chi connectivity index (χ1) is 7.63. The minimum absolute atomic E-state index is 0.636. The Labute approximate surface area is 99.2 Å². The van der Waals surface area contributed by atoms with Gasteiger partial charge in [-0.05, 0) is 38.8 Å². The first-order valence-electron chi connectivity index (χ1n) is 6.36. The van der Waals surface area contributed by atoms with Crippen molar-refractivity contribution in [3.8, 4) is 0 Å². The lowest BCUT2D eigenvalue weighted by atomic mass is 10.1. The molecule has 3 nitrogen and oxygen atoms in total. The molecular weight excluding hydrogens is 198 g/mol. The van der Waals surface area contributed by atoms with Crippen molar-refractivity contribution in [1.82, 2.24) is 15.1 Å². The average molecular weight is 223 g/mol. The summed E-state index contributed by atoms with van der Waals surface area (Å²) in [5.41, 5.74) is 2.52. The van der Waals surface area contributed by atoms with E-state index in [-0.39, 0.29) is 0 Å². The fourth-order valence-electron chi connectivity index (χ4n) is 1.96. The predicted octanol–water partition coefficient (Wildman–Crippen LogP) is 2.44. The highest BCUT2D eigenvalue weighted by atomic mass is 15.2. The van der Waals surface area contributed by atoms with Gasteiger partial charge in [-0.3, -0.25) is 4.68 Å². The zero-order chi connectivity index (χ0) is 12.0. The van der Waals surface area contributed by atoms with Crippen molar-refractivity contribution in [2.75, 3.05) is 6.54 Å². The molecule has 1 rings (SSSR count). The Morgan fingerprint density at radius 2 is 2.25 bits per heavy atom. The van der Waals surface area contributed by atoms with Gasteiger partial charge in [0.2, 0.25) is 0 Å². The molecule has 1 unspecified atom stereocenters. The van der Waals surface area contributed by atoms with Crippen molar-refractivity contribution >= 4 is 0 Å². The Morgan fingerprint density at radius 1 is 1.50 bits per heavy atom. The Bertz CT molecular complexity index is 304. The zero-order valence-corrected chi connectivity index (χ0v) is 11.1. The van der Waals surface area contributed by atoms with Crippen LogP contribution in [0.4, 0.5) is 0 Å². The number of nitrogens with zero attached hydrogens (tertiary/aromatic N) is 2. The largest absolute Gasteiger partial charge is 0.314 e. The van der Waals surface area contributed by atoms with Crippen molar-refractivity contribution in [3.63, 3.8) is 0 Å². The van der Waals surface area contributed by atoms with Crippen LogP contribution in [-0.2, 0) is 13.5 Å². The molecule has 1 N–H and O–H groups in total. The van der Waals surface area contributed by atoms with Gasteiger partial charge in [-0.2, -0.15) is 5.10 Å². The number of aromatic nitrogens is 2. The van der Waals surface area contributed by atoms with Crippen molar-refractivity contribution in [2.45, 2.75) is 52.5 Å². The van der Waals surface area contributed by atoms with Crippen LogP contribution in [0.3, 0.4) is 0 Å². The highest BCUT2D eigenvalue weighted by Gasteiger charge is 2.04. The Kier molecular flexibility index (Phi) is 5.53. The number of rotatable bonds is 7. The van der Waals surface area contributed by atoms with Crippen LogP contribution >= 0.6 is 0 Å². The molecule has 1 heterocycles. The Morgan fingerprint density at radius 3 is 2.81 bits per heavy atom. The summed E-state index contributed by atoms with van der Waals surface area (Å²) in [5, 5.41) is 7.91. The summed E-state index contributed by atoms with van der Waals surface area (Å²) in [6.45, 7) is 7.64.